The molecule has 8 heteroatoms. The van der Waals surface area contributed by atoms with Crippen molar-refractivity contribution in [1.29, 1.82) is 0 Å². The molecule has 2 rings (SSSR count). The summed E-state index contributed by atoms with van der Waals surface area (Å²) in [4.78, 5) is 9.52. The number of nitro groups is 1. The van der Waals surface area contributed by atoms with Gasteiger partial charge in [-0.15, -0.1) is 0 Å². The first-order chi connectivity index (χ1) is 11.3. The van der Waals surface area contributed by atoms with Crippen molar-refractivity contribution in [2.75, 3.05) is 7.05 Å². The van der Waals surface area contributed by atoms with Crippen LogP contribution in [0.4, 0.5) is 10.1 Å². The molecule has 0 saturated heterocycles. The zero-order valence-corrected chi connectivity index (χ0v) is 14.1. The smallest absolute Gasteiger partial charge is 0.258 e. The summed E-state index contributed by atoms with van der Waals surface area (Å²) in [6, 6.07) is 10.0. The molecule has 0 atom stereocenters. The largest absolute Gasteiger partial charge is 0.306 e. The zero-order valence-electron chi connectivity index (χ0n) is 13.3. The molecular formula is C16H17FN2O4S. The highest BCUT2D eigenvalue weighted by molar-refractivity contribution is 7.89. The summed E-state index contributed by atoms with van der Waals surface area (Å²) in [5.41, 5.74) is 1.06. The number of aryl methyl sites for hydroxylation is 1. The number of rotatable bonds is 6. The molecule has 0 bridgehead atoms. The summed E-state index contributed by atoms with van der Waals surface area (Å²) >= 11 is 0. The molecule has 0 N–H and O–H groups in total. The Kier molecular flexibility index (Phi) is 5.30. The van der Waals surface area contributed by atoms with Crippen LogP contribution in [0.2, 0.25) is 0 Å². The summed E-state index contributed by atoms with van der Waals surface area (Å²) < 4.78 is 39.5. The van der Waals surface area contributed by atoms with Gasteiger partial charge in [0.2, 0.25) is 15.8 Å². The van der Waals surface area contributed by atoms with E-state index in [-0.39, 0.29) is 11.4 Å². The second-order valence-electron chi connectivity index (χ2n) is 5.30. The molecule has 0 fully saturated rings. The fourth-order valence-electron chi connectivity index (χ4n) is 2.20. The number of nitro benzene ring substituents is 1. The topological polar surface area (TPSA) is 80.5 Å². The summed E-state index contributed by atoms with van der Waals surface area (Å²) in [6.07, 6.45) is 0.883. The Morgan fingerprint density at radius 1 is 1.12 bits per heavy atom. The molecule has 2 aromatic carbocycles. The van der Waals surface area contributed by atoms with Crippen molar-refractivity contribution in [3.05, 3.63) is 69.5 Å². The van der Waals surface area contributed by atoms with E-state index in [4.69, 9.17) is 0 Å². The fraction of sp³-hybridized carbons (Fsp3) is 0.250. The Labute approximate surface area is 139 Å². The molecule has 0 spiro atoms. The monoisotopic (exact) mass is 352 g/mol. The van der Waals surface area contributed by atoms with Gasteiger partial charge in [-0.2, -0.15) is 8.70 Å². The van der Waals surface area contributed by atoms with Crippen LogP contribution in [0.5, 0.6) is 0 Å². The average molecular weight is 352 g/mol. The van der Waals surface area contributed by atoms with Gasteiger partial charge < -0.3 is 0 Å². The molecule has 0 radical (unpaired) electrons. The molecule has 0 aliphatic carbocycles. The molecule has 24 heavy (non-hydrogen) atoms. The first-order valence-corrected chi connectivity index (χ1v) is 8.67. The molecule has 0 aliphatic heterocycles. The number of nitrogens with zero attached hydrogens (tertiary/aromatic N) is 2. The molecule has 128 valence electrons. The van der Waals surface area contributed by atoms with E-state index in [1.807, 2.05) is 31.2 Å². The minimum atomic E-state index is -3.96. The highest BCUT2D eigenvalue weighted by atomic mass is 32.2. The van der Waals surface area contributed by atoms with Gasteiger partial charge in [-0.3, -0.25) is 10.1 Å². The lowest BCUT2D eigenvalue weighted by molar-refractivity contribution is -0.387. The zero-order chi connectivity index (χ0) is 17.9. The van der Waals surface area contributed by atoms with Crippen LogP contribution in [0.25, 0.3) is 0 Å². The quantitative estimate of drug-likeness (QED) is 0.591. The minimum absolute atomic E-state index is 0.109. The van der Waals surface area contributed by atoms with Gasteiger partial charge in [-0.05, 0) is 29.7 Å². The van der Waals surface area contributed by atoms with Gasteiger partial charge in [0, 0.05) is 19.7 Å². The third kappa shape index (κ3) is 3.77. The van der Waals surface area contributed by atoms with Gasteiger partial charge in [-0.1, -0.05) is 31.2 Å². The molecule has 6 nitrogen and oxygen atoms in total. The van der Waals surface area contributed by atoms with Crippen molar-refractivity contribution >= 4 is 15.7 Å². The average Bonchev–Trinajstić information content (AvgIpc) is 2.55. The first kappa shape index (κ1) is 18.0. The van der Waals surface area contributed by atoms with Gasteiger partial charge in [0.25, 0.3) is 0 Å². The fourth-order valence-corrected chi connectivity index (χ4v) is 3.37. The van der Waals surface area contributed by atoms with Crippen molar-refractivity contribution in [1.82, 2.24) is 4.31 Å². The van der Waals surface area contributed by atoms with E-state index in [0.717, 1.165) is 40.1 Å². The molecule has 0 aliphatic rings. The number of hydrogen-bond donors (Lipinski definition) is 0. The van der Waals surface area contributed by atoms with Crippen LogP contribution in [-0.4, -0.2) is 24.7 Å². The van der Waals surface area contributed by atoms with E-state index in [0.29, 0.717) is 0 Å². The van der Waals surface area contributed by atoms with Crippen molar-refractivity contribution < 1.29 is 17.7 Å². The maximum absolute atomic E-state index is 13.4. The highest BCUT2D eigenvalue weighted by Gasteiger charge is 2.25. The molecular weight excluding hydrogens is 335 g/mol. The first-order valence-electron chi connectivity index (χ1n) is 7.23. The van der Waals surface area contributed by atoms with Crippen LogP contribution in [0.1, 0.15) is 18.1 Å². The number of hydrogen-bond acceptors (Lipinski definition) is 4. The van der Waals surface area contributed by atoms with Crippen LogP contribution < -0.4 is 0 Å². The Morgan fingerprint density at radius 3 is 2.25 bits per heavy atom. The highest BCUT2D eigenvalue weighted by Crippen LogP contribution is 2.24. The second-order valence-corrected chi connectivity index (χ2v) is 7.35. The lowest BCUT2D eigenvalue weighted by Crippen LogP contribution is -2.26. The van der Waals surface area contributed by atoms with E-state index in [2.05, 4.69) is 0 Å². The SMILES string of the molecule is CCc1ccc(CN(C)S(=O)(=O)c2ccc(F)c([N+](=O)[O-])c2)cc1. The van der Waals surface area contributed by atoms with E-state index in [9.17, 15) is 22.9 Å². The molecule has 2 aromatic rings. The third-order valence-corrected chi connectivity index (χ3v) is 5.46. The predicted molar refractivity (Wildman–Crippen MR) is 87.5 cm³/mol. The van der Waals surface area contributed by atoms with E-state index in [1.54, 1.807) is 0 Å². The van der Waals surface area contributed by atoms with Crippen molar-refractivity contribution in [2.24, 2.45) is 0 Å². The Balaban J connectivity index is 2.28. The molecule has 0 aromatic heterocycles. The Hall–Kier alpha value is -2.32. The second kappa shape index (κ2) is 7.06. The van der Waals surface area contributed by atoms with Crippen molar-refractivity contribution in [2.45, 2.75) is 24.8 Å². The van der Waals surface area contributed by atoms with E-state index in [1.165, 1.54) is 7.05 Å². The lowest BCUT2D eigenvalue weighted by Gasteiger charge is -2.17. The van der Waals surface area contributed by atoms with E-state index >= 15 is 0 Å². The van der Waals surface area contributed by atoms with Crippen LogP contribution in [0, 0.1) is 15.9 Å². The molecule has 0 unspecified atom stereocenters. The maximum atomic E-state index is 13.4. The normalized spacial score (nSPS) is 11.7. The predicted octanol–water partition coefficient (Wildman–Crippen LogP) is 3.12. The number of benzene rings is 2. The standard InChI is InChI=1S/C16H17FN2O4S/c1-3-12-4-6-13(7-5-12)11-18(2)24(22,23)14-8-9-15(17)16(10-14)19(20)21/h4-10H,3,11H2,1-2H3. The summed E-state index contributed by atoms with van der Waals surface area (Å²) in [7, 11) is -2.59. The molecule has 0 heterocycles. The van der Waals surface area contributed by atoms with Crippen LogP contribution in [-0.2, 0) is 23.0 Å². The summed E-state index contributed by atoms with van der Waals surface area (Å²) in [5, 5.41) is 10.8. The van der Waals surface area contributed by atoms with Crippen LogP contribution in [0.3, 0.4) is 0 Å². The Bertz CT molecular complexity index is 851. The maximum Gasteiger partial charge on any atom is 0.306 e. The number of sulfonamides is 1. The van der Waals surface area contributed by atoms with Crippen molar-refractivity contribution in [3.8, 4) is 0 Å². The Morgan fingerprint density at radius 2 is 1.71 bits per heavy atom. The van der Waals surface area contributed by atoms with Gasteiger partial charge in [0.05, 0.1) is 9.82 Å². The van der Waals surface area contributed by atoms with Gasteiger partial charge in [-0.25, -0.2) is 8.42 Å². The lowest BCUT2D eigenvalue weighted by atomic mass is 10.1. The molecule has 0 amide bonds. The van der Waals surface area contributed by atoms with Crippen molar-refractivity contribution in [3.63, 3.8) is 0 Å². The van der Waals surface area contributed by atoms with Gasteiger partial charge >= 0.3 is 5.69 Å². The summed E-state index contributed by atoms with van der Waals surface area (Å²) in [6.45, 7) is 2.13. The molecule has 0 saturated carbocycles. The van der Waals surface area contributed by atoms with Crippen LogP contribution in [0.15, 0.2) is 47.4 Å². The summed E-state index contributed by atoms with van der Waals surface area (Å²) in [5.74, 6) is -1.07. The van der Waals surface area contributed by atoms with Gasteiger partial charge in [0.15, 0.2) is 0 Å². The van der Waals surface area contributed by atoms with Crippen LogP contribution >= 0.6 is 0 Å². The minimum Gasteiger partial charge on any atom is -0.258 e. The van der Waals surface area contributed by atoms with Gasteiger partial charge in [0.1, 0.15) is 0 Å². The third-order valence-electron chi connectivity index (χ3n) is 3.66. The number of halogens is 1. The van der Waals surface area contributed by atoms with E-state index < -0.39 is 26.5 Å².